The van der Waals surface area contributed by atoms with Crippen LogP contribution in [0.4, 0.5) is 8.78 Å². The van der Waals surface area contributed by atoms with Gasteiger partial charge in [0.05, 0.1) is 6.20 Å². The number of rotatable bonds is 6. The predicted octanol–water partition coefficient (Wildman–Crippen LogP) is 4.02. The molecule has 144 valence electrons. The lowest BCUT2D eigenvalue weighted by atomic mass is 10.2. The minimum atomic E-state index is -0.475. The summed E-state index contributed by atoms with van der Waals surface area (Å²) in [5.41, 5.74) is 1.25. The van der Waals surface area contributed by atoms with Crippen LogP contribution in [0.15, 0.2) is 72.0 Å². The number of aliphatic imine (C=N–C) groups is 1. The van der Waals surface area contributed by atoms with Gasteiger partial charge < -0.3 is 15.4 Å². The maximum Gasteiger partial charge on any atom is 0.191 e. The van der Waals surface area contributed by atoms with Crippen molar-refractivity contribution in [2.75, 3.05) is 7.05 Å². The van der Waals surface area contributed by atoms with Crippen molar-refractivity contribution >= 4 is 5.96 Å². The molecule has 0 saturated carbocycles. The zero-order valence-electron chi connectivity index (χ0n) is 15.3. The van der Waals surface area contributed by atoms with Gasteiger partial charge in [-0.3, -0.25) is 9.98 Å². The first-order chi connectivity index (χ1) is 13.7. The van der Waals surface area contributed by atoms with E-state index >= 15 is 0 Å². The van der Waals surface area contributed by atoms with Gasteiger partial charge in [-0.05, 0) is 35.9 Å². The van der Waals surface area contributed by atoms with E-state index in [-0.39, 0.29) is 11.6 Å². The first-order valence-electron chi connectivity index (χ1n) is 8.70. The fourth-order valence-electron chi connectivity index (χ4n) is 2.50. The van der Waals surface area contributed by atoms with Crippen LogP contribution in [0.25, 0.3) is 0 Å². The largest absolute Gasteiger partial charge is 0.453 e. The van der Waals surface area contributed by atoms with E-state index < -0.39 is 5.82 Å². The number of benzene rings is 2. The van der Waals surface area contributed by atoms with Crippen molar-refractivity contribution in [1.29, 1.82) is 0 Å². The third-order valence-corrected chi connectivity index (χ3v) is 3.95. The number of hydrogen-bond donors (Lipinski definition) is 2. The quantitative estimate of drug-likeness (QED) is 0.499. The second kappa shape index (κ2) is 9.45. The standard InChI is InChI=1S/C21H20F2N4O/c1-24-21(27-13-16-5-2-3-7-18(16)22)26-12-15-8-9-20(19(23)11-15)28-17-6-4-10-25-14-17/h2-11,14H,12-13H2,1H3,(H2,24,26,27). The molecule has 1 aromatic heterocycles. The number of nitrogens with zero attached hydrogens (tertiary/aromatic N) is 2. The highest BCUT2D eigenvalue weighted by molar-refractivity contribution is 5.79. The van der Waals surface area contributed by atoms with E-state index in [4.69, 9.17) is 4.74 Å². The van der Waals surface area contributed by atoms with Crippen molar-refractivity contribution in [3.63, 3.8) is 0 Å². The van der Waals surface area contributed by atoms with Gasteiger partial charge in [0.15, 0.2) is 17.5 Å². The summed E-state index contributed by atoms with van der Waals surface area (Å²) < 4.78 is 33.5. The van der Waals surface area contributed by atoms with Crippen LogP contribution in [-0.2, 0) is 13.1 Å². The maximum atomic E-state index is 14.3. The number of pyridine rings is 1. The third kappa shape index (κ3) is 5.26. The van der Waals surface area contributed by atoms with Crippen molar-refractivity contribution < 1.29 is 13.5 Å². The Morgan fingerprint density at radius 3 is 2.54 bits per heavy atom. The zero-order chi connectivity index (χ0) is 19.8. The smallest absolute Gasteiger partial charge is 0.191 e. The van der Waals surface area contributed by atoms with E-state index in [0.717, 1.165) is 0 Å². The summed E-state index contributed by atoms with van der Waals surface area (Å²) in [4.78, 5) is 8.02. The highest BCUT2D eigenvalue weighted by atomic mass is 19.1. The first-order valence-corrected chi connectivity index (χ1v) is 8.70. The minimum absolute atomic E-state index is 0.124. The van der Waals surface area contributed by atoms with Crippen LogP contribution in [0.1, 0.15) is 11.1 Å². The Morgan fingerprint density at radius 2 is 1.82 bits per heavy atom. The topological polar surface area (TPSA) is 58.5 Å². The summed E-state index contributed by atoms with van der Waals surface area (Å²) in [5, 5.41) is 6.10. The van der Waals surface area contributed by atoms with Crippen LogP contribution >= 0.6 is 0 Å². The molecule has 0 aliphatic rings. The summed E-state index contributed by atoms with van der Waals surface area (Å²) in [5.74, 6) is 0.317. The maximum absolute atomic E-state index is 14.3. The van der Waals surface area contributed by atoms with E-state index in [1.165, 1.54) is 18.3 Å². The van der Waals surface area contributed by atoms with Gasteiger partial charge in [-0.2, -0.15) is 0 Å². The van der Waals surface area contributed by atoms with Gasteiger partial charge in [0.1, 0.15) is 11.6 Å². The van der Waals surface area contributed by atoms with Crippen LogP contribution in [-0.4, -0.2) is 18.0 Å². The fraction of sp³-hybridized carbons (Fsp3) is 0.143. The normalized spacial score (nSPS) is 11.2. The number of nitrogens with one attached hydrogen (secondary N) is 2. The predicted molar refractivity (Wildman–Crippen MR) is 104 cm³/mol. The first kappa shape index (κ1) is 19.3. The molecule has 28 heavy (non-hydrogen) atoms. The average molecular weight is 382 g/mol. The molecule has 0 fully saturated rings. The Morgan fingerprint density at radius 1 is 1.00 bits per heavy atom. The highest BCUT2D eigenvalue weighted by Gasteiger charge is 2.07. The molecular weight excluding hydrogens is 362 g/mol. The van der Waals surface area contributed by atoms with Gasteiger partial charge in [-0.15, -0.1) is 0 Å². The van der Waals surface area contributed by atoms with Crippen molar-refractivity contribution in [2.45, 2.75) is 13.1 Å². The molecule has 0 saturated heterocycles. The molecule has 5 nitrogen and oxygen atoms in total. The summed E-state index contributed by atoms with van der Waals surface area (Å²) in [6.07, 6.45) is 3.13. The van der Waals surface area contributed by atoms with Gasteiger partial charge in [-0.25, -0.2) is 8.78 Å². The lowest BCUT2D eigenvalue weighted by molar-refractivity contribution is 0.440. The SMILES string of the molecule is CN=C(NCc1ccc(Oc2cccnc2)c(F)c1)NCc1ccccc1F. The van der Waals surface area contributed by atoms with Crippen molar-refractivity contribution in [3.05, 3.63) is 89.8 Å². The lowest BCUT2D eigenvalue weighted by Crippen LogP contribution is -2.36. The number of guanidine groups is 1. The molecule has 2 aromatic carbocycles. The number of hydrogen-bond acceptors (Lipinski definition) is 3. The Hall–Kier alpha value is -3.48. The Kier molecular flexibility index (Phi) is 6.51. The summed E-state index contributed by atoms with van der Waals surface area (Å²) >= 11 is 0. The molecular formula is C21H20F2N4O. The summed E-state index contributed by atoms with van der Waals surface area (Å²) in [7, 11) is 1.61. The second-order valence-electron chi connectivity index (χ2n) is 5.93. The van der Waals surface area contributed by atoms with Gasteiger partial charge >= 0.3 is 0 Å². The Labute approximate surface area is 162 Å². The van der Waals surface area contributed by atoms with Crippen LogP contribution < -0.4 is 15.4 Å². The van der Waals surface area contributed by atoms with Gasteiger partial charge in [0, 0.05) is 31.9 Å². The fourth-order valence-corrected chi connectivity index (χ4v) is 2.50. The van der Waals surface area contributed by atoms with Crippen LogP contribution in [0, 0.1) is 11.6 Å². The lowest BCUT2D eigenvalue weighted by Gasteiger charge is -2.13. The van der Waals surface area contributed by atoms with E-state index in [1.807, 2.05) is 0 Å². The zero-order valence-corrected chi connectivity index (χ0v) is 15.3. The molecule has 7 heteroatoms. The van der Waals surface area contributed by atoms with E-state index in [9.17, 15) is 8.78 Å². The van der Waals surface area contributed by atoms with Crippen LogP contribution in [0.5, 0.6) is 11.5 Å². The highest BCUT2D eigenvalue weighted by Crippen LogP contribution is 2.24. The van der Waals surface area contributed by atoms with E-state index in [2.05, 4.69) is 20.6 Å². The molecule has 0 aliphatic carbocycles. The van der Waals surface area contributed by atoms with Gasteiger partial charge in [-0.1, -0.05) is 24.3 Å². The van der Waals surface area contributed by atoms with E-state index in [1.54, 1.807) is 55.7 Å². The van der Waals surface area contributed by atoms with E-state index in [0.29, 0.717) is 35.9 Å². The molecule has 0 atom stereocenters. The Balaban J connectivity index is 1.56. The summed E-state index contributed by atoms with van der Waals surface area (Å²) in [6.45, 7) is 0.639. The van der Waals surface area contributed by atoms with Crippen LogP contribution in [0.2, 0.25) is 0 Å². The molecule has 1 heterocycles. The monoisotopic (exact) mass is 382 g/mol. The third-order valence-electron chi connectivity index (χ3n) is 3.95. The minimum Gasteiger partial charge on any atom is -0.453 e. The molecule has 3 aromatic rings. The molecule has 0 unspecified atom stereocenters. The summed E-state index contributed by atoms with van der Waals surface area (Å²) in [6, 6.07) is 14.6. The molecule has 0 bridgehead atoms. The van der Waals surface area contributed by atoms with Crippen molar-refractivity contribution in [2.24, 2.45) is 4.99 Å². The molecule has 2 N–H and O–H groups in total. The number of aromatic nitrogens is 1. The number of ether oxygens (including phenoxy) is 1. The molecule has 0 amide bonds. The Bertz CT molecular complexity index is 948. The molecule has 3 rings (SSSR count). The molecule has 0 aliphatic heterocycles. The van der Waals surface area contributed by atoms with Crippen LogP contribution in [0.3, 0.4) is 0 Å². The van der Waals surface area contributed by atoms with Crippen molar-refractivity contribution in [1.82, 2.24) is 15.6 Å². The molecule has 0 radical (unpaired) electrons. The van der Waals surface area contributed by atoms with Crippen molar-refractivity contribution in [3.8, 4) is 11.5 Å². The average Bonchev–Trinajstić information content (AvgIpc) is 2.72. The van der Waals surface area contributed by atoms with Gasteiger partial charge in [0.25, 0.3) is 0 Å². The number of halogens is 2. The van der Waals surface area contributed by atoms with Gasteiger partial charge in [0.2, 0.25) is 0 Å². The second-order valence-corrected chi connectivity index (χ2v) is 5.93. The molecule has 0 spiro atoms.